The summed E-state index contributed by atoms with van der Waals surface area (Å²) < 4.78 is 7.57. The average molecular weight is 363 g/mol. The van der Waals surface area contributed by atoms with Gasteiger partial charge in [0.2, 0.25) is 0 Å². The van der Waals surface area contributed by atoms with Crippen molar-refractivity contribution in [1.82, 2.24) is 19.7 Å². The SMILES string of the molecule is CC1CN(C(=O)Nc2ccc(-c3ncn(C)n3)cc2)Cc2ccccc2O1. The third kappa shape index (κ3) is 3.76. The van der Waals surface area contributed by atoms with E-state index in [-0.39, 0.29) is 12.1 Å². The third-order valence-electron chi connectivity index (χ3n) is 4.42. The van der Waals surface area contributed by atoms with Gasteiger partial charge < -0.3 is 15.0 Å². The van der Waals surface area contributed by atoms with Gasteiger partial charge in [0.25, 0.3) is 0 Å². The molecule has 27 heavy (non-hydrogen) atoms. The molecular formula is C20H21N5O2. The molecule has 4 rings (SSSR count). The summed E-state index contributed by atoms with van der Waals surface area (Å²) in [6.07, 6.45) is 1.59. The van der Waals surface area contributed by atoms with Gasteiger partial charge >= 0.3 is 6.03 Å². The van der Waals surface area contributed by atoms with Crippen LogP contribution in [0.1, 0.15) is 12.5 Å². The molecule has 1 aromatic heterocycles. The third-order valence-corrected chi connectivity index (χ3v) is 4.42. The fraction of sp³-hybridized carbons (Fsp3) is 0.250. The van der Waals surface area contributed by atoms with Gasteiger partial charge in [-0.3, -0.25) is 4.68 Å². The second-order valence-electron chi connectivity index (χ2n) is 6.67. The lowest BCUT2D eigenvalue weighted by atomic mass is 10.2. The maximum absolute atomic E-state index is 12.8. The Labute approximate surface area is 157 Å². The van der Waals surface area contributed by atoms with Gasteiger partial charge in [-0.1, -0.05) is 18.2 Å². The van der Waals surface area contributed by atoms with Crippen LogP contribution in [0.4, 0.5) is 10.5 Å². The number of hydrogen-bond donors (Lipinski definition) is 1. The minimum absolute atomic E-state index is 0.0722. The molecule has 138 valence electrons. The number of nitrogens with zero attached hydrogens (tertiary/aromatic N) is 4. The molecule has 7 nitrogen and oxygen atoms in total. The minimum Gasteiger partial charge on any atom is -0.489 e. The highest BCUT2D eigenvalue weighted by atomic mass is 16.5. The first-order chi connectivity index (χ1) is 13.1. The number of hydrogen-bond acceptors (Lipinski definition) is 4. The maximum atomic E-state index is 12.8. The Morgan fingerprint density at radius 3 is 2.70 bits per heavy atom. The number of para-hydroxylation sites is 1. The summed E-state index contributed by atoms with van der Waals surface area (Å²) in [6, 6.07) is 15.2. The van der Waals surface area contributed by atoms with Crippen molar-refractivity contribution in [3.05, 3.63) is 60.4 Å². The molecule has 0 saturated carbocycles. The van der Waals surface area contributed by atoms with Crippen LogP contribution in [0.2, 0.25) is 0 Å². The summed E-state index contributed by atoms with van der Waals surface area (Å²) in [6.45, 7) is 3.01. The van der Waals surface area contributed by atoms with E-state index < -0.39 is 0 Å². The number of ether oxygens (including phenoxy) is 1. The lowest BCUT2D eigenvalue weighted by Crippen LogP contribution is -2.38. The van der Waals surface area contributed by atoms with Crippen molar-refractivity contribution >= 4 is 11.7 Å². The summed E-state index contributed by atoms with van der Waals surface area (Å²) in [5, 5.41) is 7.24. The number of amides is 2. The standard InChI is InChI=1S/C20H21N5O2/c1-14-11-25(12-16-5-3-4-6-18(16)27-14)20(26)22-17-9-7-15(8-10-17)19-21-13-24(2)23-19/h3-10,13-14H,11-12H2,1-2H3,(H,22,26). The highest BCUT2D eigenvalue weighted by Crippen LogP contribution is 2.25. The zero-order valence-corrected chi connectivity index (χ0v) is 15.3. The molecule has 1 unspecified atom stereocenters. The molecular weight excluding hydrogens is 342 g/mol. The number of nitrogens with one attached hydrogen (secondary N) is 1. The largest absolute Gasteiger partial charge is 0.489 e. The molecule has 0 fully saturated rings. The number of anilines is 1. The van der Waals surface area contributed by atoms with Crippen molar-refractivity contribution in [2.24, 2.45) is 7.05 Å². The van der Waals surface area contributed by atoms with Crippen LogP contribution in [0.15, 0.2) is 54.9 Å². The first-order valence-corrected chi connectivity index (χ1v) is 8.85. The van der Waals surface area contributed by atoms with Gasteiger partial charge in [0.1, 0.15) is 18.2 Å². The Kier molecular flexibility index (Phi) is 4.50. The van der Waals surface area contributed by atoms with E-state index in [1.54, 1.807) is 15.9 Å². The van der Waals surface area contributed by atoms with Crippen molar-refractivity contribution in [2.75, 3.05) is 11.9 Å². The molecule has 0 aliphatic carbocycles. The van der Waals surface area contributed by atoms with Crippen molar-refractivity contribution in [1.29, 1.82) is 0 Å². The molecule has 0 bridgehead atoms. The number of urea groups is 1. The van der Waals surface area contributed by atoms with Gasteiger partial charge in [-0.25, -0.2) is 9.78 Å². The summed E-state index contributed by atoms with van der Waals surface area (Å²) in [7, 11) is 1.83. The minimum atomic E-state index is -0.147. The highest BCUT2D eigenvalue weighted by Gasteiger charge is 2.23. The number of fused-ring (bicyclic) bond motifs is 1. The van der Waals surface area contributed by atoms with Gasteiger partial charge in [-0.15, -0.1) is 0 Å². The molecule has 0 radical (unpaired) electrons. The van der Waals surface area contributed by atoms with Crippen LogP contribution in [-0.2, 0) is 13.6 Å². The van der Waals surface area contributed by atoms with Gasteiger partial charge in [-0.2, -0.15) is 5.10 Å². The molecule has 1 aliphatic rings. The number of aryl methyl sites for hydroxylation is 1. The van der Waals surface area contributed by atoms with Crippen molar-refractivity contribution in [2.45, 2.75) is 19.6 Å². The van der Waals surface area contributed by atoms with Crippen LogP contribution in [0.25, 0.3) is 11.4 Å². The van der Waals surface area contributed by atoms with Crippen molar-refractivity contribution in [3.63, 3.8) is 0 Å². The van der Waals surface area contributed by atoms with Gasteiger partial charge in [0.15, 0.2) is 5.82 Å². The van der Waals surface area contributed by atoms with Crippen molar-refractivity contribution < 1.29 is 9.53 Å². The Balaban J connectivity index is 1.47. The van der Waals surface area contributed by atoms with E-state index >= 15 is 0 Å². The number of rotatable bonds is 2. The topological polar surface area (TPSA) is 72.3 Å². The van der Waals surface area contributed by atoms with E-state index in [9.17, 15) is 4.79 Å². The quantitative estimate of drug-likeness (QED) is 0.758. The van der Waals surface area contributed by atoms with Crippen LogP contribution in [-0.4, -0.2) is 38.3 Å². The first-order valence-electron chi connectivity index (χ1n) is 8.85. The Morgan fingerprint density at radius 1 is 1.19 bits per heavy atom. The molecule has 0 spiro atoms. The van der Waals surface area contributed by atoms with Crippen LogP contribution in [0, 0.1) is 0 Å². The molecule has 0 saturated heterocycles. The molecule has 2 amide bonds. The summed E-state index contributed by atoms with van der Waals surface area (Å²) >= 11 is 0. The van der Waals surface area contributed by atoms with E-state index in [2.05, 4.69) is 15.4 Å². The van der Waals surface area contributed by atoms with E-state index in [4.69, 9.17) is 4.74 Å². The number of carbonyl (C=O) groups excluding carboxylic acids is 1. The lowest BCUT2D eigenvalue weighted by Gasteiger charge is -2.22. The van der Waals surface area contributed by atoms with Gasteiger partial charge in [0.05, 0.1) is 13.1 Å². The molecule has 2 heterocycles. The monoisotopic (exact) mass is 363 g/mol. The van der Waals surface area contributed by atoms with Gasteiger partial charge in [0, 0.05) is 23.9 Å². The number of aromatic nitrogens is 3. The molecule has 1 aliphatic heterocycles. The highest BCUT2D eigenvalue weighted by molar-refractivity contribution is 5.89. The van der Waals surface area contributed by atoms with Crippen LogP contribution in [0.3, 0.4) is 0 Å². The number of carbonyl (C=O) groups is 1. The lowest BCUT2D eigenvalue weighted by molar-refractivity contribution is 0.167. The fourth-order valence-corrected chi connectivity index (χ4v) is 3.12. The fourth-order valence-electron chi connectivity index (χ4n) is 3.12. The average Bonchev–Trinajstić information content (AvgIpc) is 3.01. The Bertz CT molecular complexity index is 951. The Hall–Kier alpha value is -3.35. The predicted molar refractivity (Wildman–Crippen MR) is 102 cm³/mol. The predicted octanol–water partition coefficient (Wildman–Crippen LogP) is 3.30. The summed E-state index contributed by atoms with van der Waals surface area (Å²) in [5.41, 5.74) is 2.64. The molecule has 2 aromatic carbocycles. The second-order valence-corrected chi connectivity index (χ2v) is 6.67. The maximum Gasteiger partial charge on any atom is 0.322 e. The first kappa shape index (κ1) is 17.1. The zero-order valence-electron chi connectivity index (χ0n) is 15.3. The summed E-state index contributed by atoms with van der Waals surface area (Å²) in [5.74, 6) is 1.50. The molecule has 3 aromatic rings. The van der Waals surface area contributed by atoms with Crippen molar-refractivity contribution in [3.8, 4) is 17.1 Å². The zero-order chi connectivity index (χ0) is 18.8. The summed E-state index contributed by atoms with van der Waals surface area (Å²) in [4.78, 5) is 18.8. The second kappa shape index (κ2) is 7.11. The molecule has 7 heteroatoms. The number of benzene rings is 2. The van der Waals surface area contributed by atoms with E-state index in [1.165, 1.54) is 0 Å². The van der Waals surface area contributed by atoms with E-state index in [0.717, 1.165) is 22.6 Å². The smallest absolute Gasteiger partial charge is 0.322 e. The normalized spacial score (nSPS) is 16.2. The molecule has 1 N–H and O–H groups in total. The van der Waals surface area contributed by atoms with E-state index in [0.29, 0.717) is 18.9 Å². The van der Waals surface area contributed by atoms with Crippen LogP contribution in [0.5, 0.6) is 5.75 Å². The van der Waals surface area contributed by atoms with E-state index in [1.807, 2.05) is 62.5 Å². The Morgan fingerprint density at radius 2 is 1.96 bits per heavy atom. The molecule has 1 atom stereocenters. The van der Waals surface area contributed by atoms with Crippen LogP contribution >= 0.6 is 0 Å². The van der Waals surface area contributed by atoms with Gasteiger partial charge in [-0.05, 0) is 37.3 Å². The van der Waals surface area contributed by atoms with Crippen LogP contribution < -0.4 is 10.1 Å².